The lowest BCUT2D eigenvalue weighted by molar-refractivity contribution is -0.129. The highest BCUT2D eigenvalue weighted by atomic mass is 16.6. The molecule has 0 bridgehead atoms. The Hall–Kier alpha value is -3.09. The van der Waals surface area contributed by atoms with Crippen molar-refractivity contribution < 1.29 is 19.1 Å². The standard InChI is InChI=1S/C22H25N3O4/c1-21(2,3)29-20(27)24-13-22(14-24)17-9-10-23-11-18(17)25(19(22)26)12-15-5-7-16(28-4)8-6-15/h5-11H,12-14H2,1-4H3. The first kappa shape index (κ1) is 19.2. The van der Waals surface area contributed by atoms with Crippen LogP contribution < -0.4 is 9.64 Å². The van der Waals surface area contributed by atoms with Gasteiger partial charge in [-0.1, -0.05) is 12.1 Å². The van der Waals surface area contributed by atoms with Crippen molar-refractivity contribution in [3.8, 4) is 5.75 Å². The molecular weight excluding hydrogens is 370 g/mol. The third-order valence-corrected chi connectivity index (χ3v) is 5.33. The number of methoxy groups -OCH3 is 1. The van der Waals surface area contributed by atoms with Gasteiger partial charge in [0.25, 0.3) is 0 Å². The zero-order chi connectivity index (χ0) is 20.8. The molecule has 0 aliphatic carbocycles. The van der Waals surface area contributed by atoms with E-state index in [2.05, 4.69) is 4.98 Å². The zero-order valence-electron chi connectivity index (χ0n) is 17.1. The number of nitrogens with zero attached hydrogens (tertiary/aromatic N) is 3. The third-order valence-electron chi connectivity index (χ3n) is 5.33. The first-order valence-electron chi connectivity index (χ1n) is 9.61. The van der Waals surface area contributed by atoms with Crippen molar-refractivity contribution >= 4 is 17.7 Å². The molecular formula is C22H25N3O4. The summed E-state index contributed by atoms with van der Waals surface area (Å²) in [5.74, 6) is 0.767. The number of carbonyl (C=O) groups is 2. The van der Waals surface area contributed by atoms with E-state index in [-0.39, 0.29) is 12.0 Å². The zero-order valence-corrected chi connectivity index (χ0v) is 17.1. The van der Waals surface area contributed by atoms with E-state index in [9.17, 15) is 9.59 Å². The van der Waals surface area contributed by atoms with Crippen LogP contribution in [0.15, 0.2) is 42.7 Å². The largest absolute Gasteiger partial charge is 0.497 e. The van der Waals surface area contributed by atoms with Crippen LogP contribution >= 0.6 is 0 Å². The molecule has 4 rings (SSSR count). The molecule has 1 aromatic carbocycles. The van der Waals surface area contributed by atoms with Gasteiger partial charge in [-0.15, -0.1) is 0 Å². The van der Waals surface area contributed by atoms with Gasteiger partial charge in [0.05, 0.1) is 25.5 Å². The van der Waals surface area contributed by atoms with Crippen LogP contribution in [-0.4, -0.2) is 47.7 Å². The summed E-state index contributed by atoms with van der Waals surface area (Å²) in [7, 11) is 1.62. The van der Waals surface area contributed by atoms with Gasteiger partial charge in [0.15, 0.2) is 0 Å². The van der Waals surface area contributed by atoms with E-state index >= 15 is 0 Å². The summed E-state index contributed by atoms with van der Waals surface area (Å²) in [6.45, 7) is 6.57. The SMILES string of the molecule is COc1ccc(CN2C(=O)C3(CN(C(=O)OC(C)(C)C)C3)c3ccncc32)cc1. The molecule has 0 unspecified atom stereocenters. The molecule has 0 saturated carbocycles. The first-order chi connectivity index (χ1) is 13.7. The summed E-state index contributed by atoms with van der Waals surface area (Å²) in [6, 6.07) is 9.53. The molecule has 3 heterocycles. The Bertz CT molecular complexity index is 943. The number of fused-ring (bicyclic) bond motifs is 2. The van der Waals surface area contributed by atoms with Gasteiger partial charge in [-0.2, -0.15) is 0 Å². The van der Waals surface area contributed by atoms with E-state index < -0.39 is 11.0 Å². The first-order valence-corrected chi connectivity index (χ1v) is 9.61. The topological polar surface area (TPSA) is 72.0 Å². The van der Waals surface area contributed by atoms with Crippen molar-refractivity contribution in [3.05, 3.63) is 53.9 Å². The van der Waals surface area contributed by atoms with Crippen molar-refractivity contribution in [2.75, 3.05) is 25.1 Å². The monoisotopic (exact) mass is 395 g/mol. The molecule has 7 nitrogen and oxygen atoms in total. The van der Waals surface area contributed by atoms with Gasteiger partial charge in [0, 0.05) is 19.3 Å². The highest BCUT2D eigenvalue weighted by Crippen LogP contribution is 2.47. The maximum Gasteiger partial charge on any atom is 0.410 e. The Balaban J connectivity index is 1.57. The van der Waals surface area contributed by atoms with Gasteiger partial charge in [-0.25, -0.2) is 4.79 Å². The van der Waals surface area contributed by atoms with E-state index in [1.807, 2.05) is 51.1 Å². The van der Waals surface area contributed by atoms with Crippen molar-refractivity contribution in [1.29, 1.82) is 0 Å². The Morgan fingerprint density at radius 3 is 2.48 bits per heavy atom. The molecule has 2 amide bonds. The number of likely N-dealkylation sites (tertiary alicyclic amines) is 1. The molecule has 0 radical (unpaired) electrons. The number of ether oxygens (including phenoxy) is 2. The molecule has 152 valence electrons. The van der Waals surface area contributed by atoms with E-state index in [1.165, 1.54) is 0 Å². The number of hydrogen-bond acceptors (Lipinski definition) is 5. The van der Waals surface area contributed by atoms with Crippen LogP contribution in [0.1, 0.15) is 31.9 Å². The van der Waals surface area contributed by atoms with Gasteiger partial charge in [-0.3, -0.25) is 9.78 Å². The van der Waals surface area contributed by atoms with Crippen LogP contribution in [0.2, 0.25) is 0 Å². The van der Waals surface area contributed by atoms with Crippen molar-refractivity contribution in [2.24, 2.45) is 0 Å². The van der Waals surface area contributed by atoms with Crippen molar-refractivity contribution in [1.82, 2.24) is 9.88 Å². The number of carbonyl (C=O) groups excluding carboxylic acids is 2. The Labute approximate surface area is 170 Å². The van der Waals surface area contributed by atoms with Gasteiger partial charge in [0.1, 0.15) is 16.8 Å². The van der Waals surface area contributed by atoms with E-state index in [0.717, 1.165) is 22.6 Å². The Morgan fingerprint density at radius 2 is 1.86 bits per heavy atom. The lowest BCUT2D eigenvalue weighted by atomic mass is 9.75. The third kappa shape index (κ3) is 3.30. The van der Waals surface area contributed by atoms with Gasteiger partial charge < -0.3 is 19.3 Å². The normalized spacial score (nSPS) is 17.2. The van der Waals surface area contributed by atoms with Gasteiger partial charge in [0.2, 0.25) is 5.91 Å². The predicted octanol–water partition coefficient (Wildman–Crippen LogP) is 3.13. The summed E-state index contributed by atoms with van der Waals surface area (Å²) in [6.07, 6.45) is 3.03. The van der Waals surface area contributed by atoms with Gasteiger partial charge in [-0.05, 0) is 50.1 Å². The highest BCUT2D eigenvalue weighted by Gasteiger charge is 2.59. The number of hydrogen-bond donors (Lipinski definition) is 0. The molecule has 7 heteroatoms. The number of amides is 2. The van der Waals surface area contributed by atoms with E-state index in [0.29, 0.717) is 19.6 Å². The van der Waals surface area contributed by atoms with Crippen LogP contribution in [0.3, 0.4) is 0 Å². The van der Waals surface area contributed by atoms with Gasteiger partial charge >= 0.3 is 6.09 Å². The minimum atomic E-state index is -0.721. The smallest absolute Gasteiger partial charge is 0.410 e. The lowest BCUT2D eigenvalue weighted by Gasteiger charge is -2.46. The van der Waals surface area contributed by atoms with Crippen LogP contribution in [0, 0.1) is 0 Å². The molecule has 0 atom stereocenters. The fourth-order valence-electron chi connectivity index (χ4n) is 3.93. The second kappa shape index (κ2) is 6.76. The molecule has 1 spiro atoms. The number of aromatic nitrogens is 1. The fourth-order valence-corrected chi connectivity index (χ4v) is 3.93. The number of pyridine rings is 1. The Kier molecular flexibility index (Phi) is 4.48. The molecule has 2 aromatic rings. The molecule has 29 heavy (non-hydrogen) atoms. The second-order valence-corrected chi connectivity index (χ2v) is 8.55. The number of benzene rings is 1. The quantitative estimate of drug-likeness (QED) is 0.798. The van der Waals surface area contributed by atoms with Crippen LogP contribution in [0.4, 0.5) is 10.5 Å². The average Bonchev–Trinajstić information content (AvgIpc) is 2.88. The lowest BCUT2D eigenvalue weighted by Crippen LogP contribution is -2.65. The van der Waals surface area contributed by atoms with E-state index in [1.54, 1.807) is 29.3 Å². The predicted molar refractivity (Wildman–Crippen MR) is 108 cm³/mol. The molecule has 1 saturated heterocycles. The maximum absolute atomic E-state index is 13.4. The molecule has 2 aliphatic heterocycles. The molecule has 0 N–H and O–H groups in total. The fraction of sp³-hybridized carbons (Fsp3) is 0.409. The number of anilines is 1. The number of rotatable bonds is 3. The maximum atomic E-state index is 13.4. The highest BCUT2D eigenvalue weighted by molar-refractivity contribution is 6.09. The molecule has 1 aromatic heterocycles. The van der Waals surface area contributed by atoms with E-state index in [4.69, 9.17) is 9.47 Å². The second-order valence-electron chi connectivity index (χ2n) is 8.55. The Morgan fingerprint density at radius 1 is 1.17 bits per heavy atom. The van der Waals surface area contributed by atoms with Crippen LogP contribution in [0.25, 0.3) is 0 Å². The average molecular weight is 395 g/mol. The minimum absolute atomic E-state index is 0.00359. The van der Waals surface area contributed by atoms with Crippen molar-refractivity contribution in [2.45, 2.75) is 38.3 Å². The minimum Gasteiger partial charge on any atom is -0.497 e. The summed E-state index contributed by atoms with van der Waals surface area (Å²) in [5, 5.41) is 0. The van der Waals surface area contributed by atoms with Crippen LogP contribution in [0.5, 0.6) is 5.75 Å². The van der Waals surface area contributed by atoms with Crippen LogP contribution in [-0.2, 0) is 21.5 Å². The molecule has 2 aliphatic rings. The van der Waals surface area contributed by atoms with Crippen molar-refractivity contribution in [3.63, 3.8) is 0 Å². The summed E-state index contributed by atoms with van der Waals surface area (Å²) >= 11 is 0. The summed E-state index contributed by atoms with van der Waals surface area (Å²) in [4.78, 5) is 33.4. The molecule has 1 fully saturated rings. The summed E-state index contributed by atoms with van der Waals surface area (Å²) in [5.41, 5.74) is 1.43. The summed E-state index contributed by atoms with van der Waals surface area (Å²) < 4.78 is 10.7.